The molecule has 2 atom stereocenters. The van der Waals surface area contributed by atoms with Crippen LogP contribution in [0.25, 0.3) is 0 Å². The van der Waals surface area contributed by atoms with Crippen molar-refractivity contribution in [2.45, 2.75) is 25.0 Å². The summed E-state index contributed by atoms with van der Waals surface area (Å²) in [6.07, 6.45) is -2.01. The summed E-state index contributed by atoms with van der Waals surface area (Å²) in [5.41, 5.74) is 1.24. The third kappa shape index (κ3) is 4.14. The Morgan fingerprint density at radius 3 is 2.59 bits per heavy atom. The number of carboxylic acids is 1. The van der Waals surface area contributed by atoms with E-state index >= 15 is 0 Å². The van der Waals surface area contributed by atoms with Gasteiger partial charge in [-0.15, -0.1) is 0 Å². The van der Waals surface area contributed by atoms with E-state index in [2.05, 4.69) is 0 Å². The van der Waals surface area contributed by atoms with Gasteiger partial charge in [0.05, 0.1) is 6.61 Å². The molecule has 94 valence electrons. The molecule has 0 bridgehead atoms. The number of aliphatic hydroxyl groups excluding tert-OH is 3. The zero-order valence-corrected chi connectivity index (χ0v) is 9.28. The second kappa shape index (κ2) is 6.34. The third-order valence-corrected chi connectivity index (χ3v) is 2.47. The first-order chi connectivity index (χ1) is 8.04. The largest absolute Gasteiger partial charge is 0.481 e. The normalized spacial score (nSPS) is 14.3. The number of benzene rings is 1. The van der Waals surface area contributed by atoms with Gasteiger partial charge in [0.15, 0.2) is 0 Å². The van der Waals surface area contributed by atoms with Crippen molar-refractivity contribution in [2.75, 3.05) is 6.61 Å². The summed E-state index contributed by atoms with van der Waals surface area (Å²) < 4.78 is 0. The van der Waals surface area contributed by atoms with Gasteiger partial charge in [-0.25, -0.2) is 0 Å². The molecular weight excluding hydrogens is 224 g/mol. The van der Waals surface area contributed by atoms with Crippen LogP contribution in [-0.4, -0.2) is 39.1 Å². The minimum atomic E-state index is -1.23. The minimum Gasteiger partial charge on any atom is -0.481 e. The minimum absolute atomic E-state index is 0.0160. The third-order valence-electron chi connectivity index (χ3n) is 2.47. The molecule has 0 spiro atoms. The Morgan fingerprint density at radius 1 is 1.29 bits per heavy atom. The van der Waals surface area contributed by atoms with Gasteiger partial charge in [-0.1, -0.05) is 24.3 Å². The van der Waals surface area contributed by atoms with Crippen LogP contribution in [0.3, 0.4) is 0 Å². The average molecular weight is 240 g/mol. The highest BCUT2D eigenvalue weighted by atomic mass is 16.4. The van der Waals surface area contributed by atoms with E-state index in [-0.39, 0.29) is 6.42 Å². The van der Waals surface area contributed by atoms with Gasteiger partial charge in [0, 0.05) is 6.42 Å². The van der Waals surface area contributed by atoms with Crippen LogP contribution in [0.2, 0.25) is 0 Å². The van der Waals surface area contributed by atoms with E-state index in [0.717, 1.165) is 5.56 Å². The molecule has 1 rings (SSSR count). The van der Waals surface area contributed by atoms with Gasteiger partial charge < -0.3 is 20.4 Å². The predicted molar refractivity (Wildman–Crippen MR) is 60.5 cm³/mol. The summed E-state index contributed by atoms with van der Waals surface area (Å²) in [5.74, 6) is -0.883. The van der Waals surface area contributed by atoms with Crippen LogP contribution in [0.1, 0.15) is 23.7 Å². The van der Waals surface area contributed by atoms with Crippen LogP contribution in [0.15, 0.2) is 24.3 Å². The fourth-order valence-corrected chi connectivity index (χ4v) is 1.51. The van der Waals surface area contributed by atoms with Crippen molar-refractivity contribution in [1.82, 2.24) is 0 Å². The van der Waals surface area contributed by atoms with Crippen LogP contribution in [-0.2, 0) is 11.2 Å². The lowest BCUT2D eigenvalue weighted by Gasteiger charge is -2.16. The number of aliphatic hydroxyl groups is 3. The quantitative estimate of drug-likeness (QED) is 0.565. The summed E-state index contributed by atoms with van der Waals surface area (Å²) in [7, 11) is 0. The molecule has 0 amide bonds. The van der Waals surface area contributed by atoms with Gasteiger partial charge in [0.25, 0.3) is 0 Å². The van der Waals surface area contributed by atoms with E-state index in [1.54, 1.807) is 24.3 Å². The molecule has 0 aliphatic heterocycles. The van der Waals surface area contributed by atoms with Gasteiger partial charge in [-0.3, -0.25) is 4.79 Å². The van der Waals surface area contributed by atoms with Gasteiger partial charge >= 0.3 is 5.97 Å². The Bertz CT molecular complexity index is 377. The van der Waals surface area contributed by atoms with Gasteiger partial charge in [-0.05, 0) is 17.5 Å². The van der Waals surface area contributed by atoms with Crippen LogP contribution >= 0.6 is 0 Å². The fourth-order valence-electron chi connectivity index (χ4n) is 1.51. The molecule has 4 N–H and O–H groups in total. The molecule has 5 nitrogen and oxygen atoms in total. The Balaban J connectivity index is 2.74. The summed E-state index contributed by atoms with van der Waals surface area (Å²) in [5, 5.41) is 36.2. The summed E-state index contributed by atoms with van der Waals surface area (Å²) >= 11 is 0. The molecule has 0 fully saturated rings. The van der Waals surface area contributed by atoms with Crippen LogP contribution < -0.4 is 0 Å². The van der Waals surface area contributed by atoms with Gasteiger partial charge in [-0.2, -0.15) is 0 Å². The number of aryl methyl sites for hydroxylation is 1. The zero-order valence-electron chi connectivity index (χ0n) is 9.28. The van der Waals surface area contributed by atoms with Gasteiger partial charge in [0.2, 0.25) is 0 Å². The summed E-state index contributed by atoms with van der Waals surface area (Å²) in [6.45, 7) is -0.527. The van der Waals surface area contributed by atoms with E-state index in [9.17, 15) is 15.0 Å². The molecule has 1 aromatic rings. The van der Waals surface area contributed by atoms with Crippen molar-refractivity contribution in [3.05, 3.63) is 35.4 Å². The number of carboxylic acid groups (broad SMARTS) is 1. The zero-order chi connectivity index (χ0) is 12.8. The first-order valence-electron chi connectivity index (χ1n) is 5.32. The molecule has 2 unspecified atom stereocenters. The average Bonchev–Trinajstić information content (AvgIpc) is 2.34. The van der Waals surface area contributed by atoms with E-state index < -0.39 is 24.8 Å². The SMILES string of the molecule is O=C(O)CCc1cccc(C(O)C(O)CO)c1. The molecule has 0 aromatic heterocycles. The lowest BCUT2D eigenvalue weighted by molar-refractivity contribution is -0.136. The highest BCUT2D eigenvalue weighted by Gasteiger charge is 2.17. The van der Waals surface area contributed by atoms with Crippen molar-refractivity contribution in [1.29, 1.82) is 0 Å². The second-order valence-corrected chi connectivity index (χ2v) is 3.83. The smallest absolute Gasteiger partial charge is 0.303 e. The molecule has 17 heavy (non-hydrogen) atoms. The van der Waals surface area contributed by atoms with E-state index in [1.807, 2.05) is 0 Å². The summed E-state index contributed by atoms with van der Waals surface area (Å²) in [4.78, 5) is 10.4. The molecule has 0 saturated heterocycles. The Hall–Kier alpha value is -1.43. The van der Waals surface area contributed by atoms with Crippen molar-refractivity contribution in [2.24, 2.45) is 0 Å². The highest BCUT2D eigenvalue weighted by Crippen LogP contribution is 2.18. The summed E-state index contributed by atoms with van der Waals surface area (Å²) in [6, 6.07) is 6.69. The molecule has 1 aromatic carbocycles. The molecule has 0 aliphatic rings. The second-order valence-electron chi connectivity index (χ2n) is 3.83. The van der Waals surface area contributed by atoms with Crippen molar-refractivity contribution < 1.29 is 25.2 Å². The first-order valence-corrected chi connectivity index (χ1v) is 5.32. The fraction of sp³-hybridized carbons (Fsp3) is 0.417. The Morgan fingerprint density at radius 2 is 2.00 bits per heavy atom. The lowest BCUT2D eigenvalue weighted by Crippen LogP contribution is -2.22. The maximum absolute atomic E-state index is 10.4. The molecule has 0 aliphatic carbocycles. The van der Waals surface area contributed by atoms with E-state index in [0.29, 0.717) is 12.0 Å². The Kier molecular flexibility index (Phi) is 5.09. The number of aliphatic carboxylic acids is 1. The molecule has 5 heteroatoms. The lowest BCUT2D eigenvalue weighted by atomic mass is 10.0. The molecular formula is C12H16O5. The molecule has 0 heterocycles. The number of hydrogen-bond acceptors (Lipinski definition) is 4. The number of carbonyl (C=O) groups is 1. The van der Waals surface area contributed by atoms with Crippen LogP contribution in [0.5, 0.6) is 0 Å². The Labute approximate surface area is 99.0 Å². The molecule has 0 radical (unpaired) electrons. The van der Waals surface area contributed by atoms with Gasteiger partial charge in [0.1, 0.15) is 12.2 Å². The number of hydrogen-bond donors (Lipinski definition) is 4. The standard InChI is InChI=1S/C12H16O5/c13-7-10(14)12(17)9-3-1-2-8(6-9)4-5-11(15)16/h1-3,6,10,12-14,17H,4-5,7H2,(H,15,16). The van der Waals surface area contributed by atoms with Crippen molar-refractivity contribution >= 4 is 5.97 Å². The first kappa shape index (κ1) is 13.6. The van der Waals surface area contributed by atoms with Crippen molar-refractivity contribution in [3.63, 3.8) is 0 Å². The molecule has 0 saturated carbocycles. The van der Waals surface area contributed by atoms with Crippen LogP contribution in [0.4, 0.5) is 0 Å². The number of rotatable bonds is 6. The highest BCUT2D eigenvalue weighted by molar-refractivity contribution is 5.67. The maximum Gasteiger partial charge on any atom is 0.303 e. The monoisotopic (exact) mass is 240 g/mol. The van der Waals surface area contributed by atoms with Crippen molar-refractivity contribution in [3.8, 4) is 0 Å². The van der Waals surface area contributed by atoms with E-state index in [1.165, 1.54) is 0 Å². The maximum atomic E-state index is 10.4. The van der Waals surface area contributed by atoms with E-state index in [4.69, 9.17) is 10.2 Å². The predicted octanol–water partition coefficient (Wildman–Crippen LogP) is 0.0904. The van der Waals surface area contributed by atoms with Crippen LogP contribution in [0, 0.1) is 0 Å². The topological polar surface area (TPSA) is 98.0 Å².